The number of Topliss-reactive ketones (excluding diaryl/α,β-unsaturated/α-hetero) is 1. The molecule has 0 aromatic heterocycles. The van der Waals surface area contributed by atoms with Crippen LogP contribution in [0.4, 0.5) is 14.5 Å². The lowest BCUT2D eigenvalue weighted by atomic mass is 10.1. The molecule has 1 aliphatic heterocycles. The highest BCUT2D eigenvalue weighted by Crippen LogP contribution is 2.31. The smallest absolute Gasteiger partial charge is 0.326 e. The van der Waals surface area contributed by atoms with Gasteiger partial charge in [-0.05, 0) is 13.0 Å². The molecule has 7 heteroatoms. The van der Waals surface area contributed by atoms with Crippen molar-refractivity contribution in [3.05, 3.63) is 29.3 Å². The highest BCUT2D eigenvalue weighted by molar-refractivity contribution is 6.52. The van der Waals surface area contributed by atoms with Gasteiger partial charge in [0, 0.05) is 6.07 Å². The summed E-state index contributed by atoms with van der Waals surface area (Å²) in [6.45, 7) is 1.11. The Balaban J connectivity index is 2.41. The quantitative estimate of drug-likeness (QED) is 0.608. The summed E-state index contributed by atoms with van der Waals surface area (Å²) in [5.74, 6) is -5.00. The van der Waals surface area contributed by atoms with Crippen molar-refractivity contribution < 1.29 is 27.9 Å². The Bertz CT molecular complexity index is 585. The summed E-state index contributed by atoms with van der Waals surface area (Å²) in [5, 5.41) is 0. The molecular weight excluding hydrogens is 260 g/mol. The number of hydrogen-bond donors (Lipinski definition) is 0. The molecule has 0 unspecified atom stereocenters. The van der Waals surface area contributed by atoms with Crippen LogP contribution < -0.4 is 4.90 Å². The average molecular weight is 269 g/mol. The zero-order valence-corrected chi connectivity index (χ0v) is 9.91. The number of amides is 1. The standard InChI is InChI=1S/C12H9F2NO4/c1-2-19-9(16)5-15-8-4-6(13)3-7(14)10(8)11(17)12(15)18/h3-4H,2,5H2,1H3. The van der Waals surface area contributed by atoms with E-state index in [-0.39, 0.29) is 12.3 Å². The summed E-state index contributed by atoms with van der Waals surface area (Å²) in [7, 11) is 0. The summed E-state index contributed by atoms with van der Waals surface area (Å²) >= 11 is 0. The SMILES string of the molecule is CCOC(=O)CN1C(=O)C(=O)c2c(F)cc(F)cc21. The second-order valence-corrected chi connectivity index (χ2v) is 3.81. The van der Waals surface area contributed by atoms with Crippen LogP contribution in [0.1, 0.15) is 17.3 Å². The third-order valence-corrected chi connectivity index (χ3v) is 2.58. The van der Waals surface area contributed by atoms with Crippen molar-refractivity contribution >= 4 is 23.3 Å². The second-order valence-electron chi connectivity index (χ2n) is 3.81. The number of carbonyl (C=O) groups excluding carboxylic acids is 3. The van der Waals surface area contributed by atoms with Gasteiger partial charge in [0.2, 0.25) is 0 Å². The van der Waals surface area contributed by atoms with Gasteiger partial charge in [-0.3, -0.25) is 19.3 Å². The first-order chi connectivity index (χ1) is 8.95. The van der Waals surface area contributed by atoms with E-state index in [1.807, 2.05) is 0 Å². The second kappa shape index (κ2) is 4.75. The van der Waals surface area contributed by atoms with Crippen molar-refractivity contribution in [3.8, 4) is 0 Å². The minimum absolute atomic E-state index is 0.0964. The average Bonchev–Trinajstić information content (AvgIpc) is 2.54. The number of ketones is 1. The number of fused-ring (bicyclic) bond motifs is 1. The maximum absolute atomic E-state index is 13.5. The molecule has 2 rings (SSSR count). The van der Waals surface area contributed by atoms with Crippen LogP contribution >= 0.6 is 0 Å². The lowest BCUT2D eigenvalue weighted by Crippen LogP contribution is -2.35. The molecule has 1 aromatic rings. The molecule has 0 aliphatic carbocycles. The van der Waals surface area contributed by atoms with E-state index in [1.54, 1.807) is 6.92 Å². The molecule has 0 spiro atoms. The van der Waals surface area contributed by atoms with E-state index in [2.05, 4.69) is 4.74 Å². The first-order valence-corrected chi connectivity index (χ1v) is 5.46. The van der Waals surface area contributed by atoms with Crippen LogP contribution in [0.5, 0.6) is 0 Å². The van der Waals surface area contributed by atoms with Gasteiger partial charge in [0.15, 0.2) is 0 Å². The van der Waals surface area contributed by atoms with Gasteiger partial charge in [-0.2, -0.15) is 0 Å². The van der Waals surface area contributed by atoms with Gasteiger partial charge in [-0.25, -0.2) is 8.78 Å². The van der Waals surface area contributed by atoms with Crippen LogP contribution in [-0.2, 0) is 14.3 Å². The van der Waals surface area contributed by atoms with Crippen LogP contribution in [0.2, 0.25) is 0 Å². The Kier molecular flexibility index (Phi) is 3.28. The minimum atomic E-state index is -1.13. The molecule has 0 atom stereocenters. The minimum Gasteiger partial charge on any atom is -0.465 e. The maximum Gasteiger partial charge on any atom is 0.326 e. The number of esters is 1. The van der Waals surface area contributed by atoms with E-state index < -0.39 is 41.4 Å². The van der Waals surface area contributed by atoms with Gasteiger partial charge in [0.05, 0.1) is 17.9 Å². The number of benzene rings is 1. The fourth-order valence-corrected chi connectivity index (χ4v) is 1.83. The van der Waals surface area contributed by atoms with Gasteiger partial charge < -0.3 is 4.74 Å². The maximum atomic E-state index is 13.5. The predicted molar refractivity (Wildman–Crippen MR) is 59.7 cm³/mol. The van der Waals surface area contributed by atoms with Gasteiger partial charge in [0.1, 0.15) is 18.2 Å². The van der Waals surface area contributed by atoms with Crippen LogP contribution in [0.25, 0.3) is 0 Å². The van der Waals surface area contributed by atoms with E-state index in [1.165, 1.54) is 0 Å². The summed E-state index contributed by atoms with van der Waals surface area (Å²) in [4.78, 5) is 35.2. The first-order valence-electron chi connectivity index (χ1n) is 5.46. The molecular formula is C12H9F2NO4. The number of nitrogens with zero attached hydrogens (tertiary/aromatic N) is 1. The van der Waals surface area contributed by atoms with Crippen LogP contribution in [-0.4, -0.2) is 30.8 Å². The van der Waals surface area contributed by atoms with Crippen molar-refractivity contribution in [1.82, 2.24) is 0 Å². The van der Waals surface area contributed by atoms with Crippen LogP contribution in [0, 0.1) is 11.6 Å². The molecule has 1 heterocycles. The number of rotatable bonds is 3. The van der Waals surface area contributed by atoms with E-state index in [4.69, 9.17) is 0 Å². The van der Waals surface area contributed by atoms with Crippen LogP contribution in [0.15, 0.2) is 12.1 Å². The summed E-state index contributed by atoms with van der Waals surface area (Å²) < 4.78 is 31.2. The molecule has 1 aromatic carbocycles. The van der Waals surface area contributed by atoms with Crippen molar-refractivity contribution in [2.75, 3.05) is 18.1 Å². The van der Waals surface area contributed by atoms with Crippen molar-refractivity contribution in [1.29, 1.82) is 0 Å². The van der Waals surface area contributed by atoms with Crippen molar-refractivity contribution in [2.45, 2.75) is 6.92 Å². The van der Waals surface area contributed by atoms with E-state index in [0.717, 1.165) is 6.07 Å². The number of ether oxygens (including phenoxy) is 1. The largest absolute Gasteiger partial charge is 0.465 e. The highest BCUT2D eigenvalue weighted by atomic mass is 19.1. The van der Waals surface area contributed by atoms with E-state index in [9.17, 15) is 23.2 Å². The number of hydrogen-bond acceptors (Lipinski definition) is 4. The molecule has 0 bridgehead atoms. The van der Waals surface area contributed by atoms with Crippen LogP contribution in [0.3, 0.4) is 0 Å². The molecule has 100 valence electrons. The normalized spacial score (nSPS) is 13.7. The third-order valence-electron chi connectivity index (χ3n) is 2.58. The van der Waals surface area contributed by atoms with Gasteiger partial charge in [0.25, 0.3) is 11.7 Å². The monoisotopic (exact) mass is 269 g/mol. The number of anilines is 1. The predicted octanol–water partition coefficient (Wildman–Crippen LogP) is 1.06. The molecule has 0 N–H and O–H groups in total. The zero-order chi connectivity index (χ0) is 14.2. The Hall–Kier alpha value is -2.31. The Morgan fingerprint density at radius 1 is 1.32 bits per heavy atom. The van der Waals surface area contributed by atoms with Crippen molar-refractivity contribution in [2.24, 2.45) is 0 Å². The highest BCUT2D eigenvalue weighted by Gasteiger charge is 2.39. The molecule has 19 heavy (non-hydrogen) atoms. The molecule has 0 fully saturated rings. The summed E-state index contributed by atoms with van der Waals surface area (Å²) in [6, 6.07) is 1.35. The third kappa shape index (κ3) is 2.18. The van der Waals surface area contributed by atoms with Gasteiger partial charge in [-0.1, -0.05) is 0 Å². The zero-order valence-electron chi connectivity index (χ0n) is 9.91. The number of halogens is 2. The molecule has 0 saturated heterocycles. The fourth-order valence-electron chi connectivity index (χ4n) is 1.83. The molecule has 0 saturated carbocycles. The lowest BCUT2D eigenvalue weighted by molar-refractivity contribution is -0.142. The van der Waals surface area contributed by atoms with Gasteiger partial charge in [-0.15, -0.1) is 0 Å². The summed E-state index contributed by atoms with van der Waals surface area (Å²) in [6.07, 6.45) is 0. The molecule has 1 aliphatic rings. The topological polar surface area (TPSA) is 63.7 Å². The Labute approximate surface area is 106 Å². The Morgan fingerprint density at radius 2 is 2.00 bits per heavy atom. The van der Waals surface area contributed by atoms with E-state index >= 15 is 0 Å². The fraction of sp³-hybridized carbons (Fsp3) is 0.250. The lowest BCUT2D eigenvalue weighted by Gasteiger charge is -2.15. The van der Waals surface area contributed by atoms with E-state index in [0.29, 0.717) is 11.0 Å². The van der Waals surface area contributed by atoms with Crippen molar-refractivity contribution in [3.63, 3.8) is 0 Å². The Morgan fingerprint density at radius 3 is 2.63 bits per heavy atom. The molecule has 0 radical (unpaired) electrons. The number of carbonyl (C=O) groups is 3. The molecule has 5 nitrogen and oxygen atoms in total. The summed E-state index contributed by atoms with van der Waals surface area (Å²) in [5.41, 5.74) is -0.767. The first kappa shape index (κ1) is 13.1. The molecule has 1 amide bonds. The van der Waals surface area contributed by atoms with Gasteiger partial charge >= 0.3 is 5.97 Å².